The minimum absolute atomic E-state index is 0.0758. The lowest BCUT2D eigenvalue weighted by Crippen LogP contribution is -2.16. The second-order valence-electron chi connectivity index (χ2n) is 4.90. The van der Waals surface area contributed by atoms with Gasteiger partial charge in [0.15, 0.2) is 5.78 Å². The number of aryl methyl sites for hydroxylation is 1. The molecule has 98 valence electrons. The van der Waals surface area contributed by atoms with Crippen LogP contribution in [0.25, 0.3) is 0 Å². The van der Waals surface area contributed by atoms with Crippen molar-refractivity contribution in [3.8, 4) is 0 Å². The van der Waals surface area contributed by atoms with Gasteiger partial charge in [-0.2, -0.15) is 0 Å². The molecule has 1 aliphatic rings. The molecular weight excluding hydrogens is 240 g/mol. The van der Waals surface area contributed by atoms with E-state index in [9.17, 15) is 4.79 Å². The summed E-state index contributed by atoms with van der Waals surface area (Å²) < 4.78 is 0. The Bertz CT molecular complexity index is 631. The average molecular weight is 256 g/mol. The molecule has 0 radical (unpaired) electrons. The van der Waals surface area contributed by atoms with E-state index in [1.807, 2.05) is 37.3 Å². The lowest BCUT2D eigenvalue weighted by molar-refractivity contribution is 0.0961. The first-order chi connectivity index (χ1) is 9.20. The molecule has 0 saturated heterocycles. The molecule has 1 unspecified atom stereocenters. The number of hydrogen-bond donors (Lipinski definition) is 3. The highest BCUT2D eigenvalue weighted by atomic mass is 16.3. The Hall–Kier alpha value is -2.07. The summed E-state index contributed by atoms with van der Waals surface area (Å²) in [4.78, 5) is 15.6. The summed E-state index contributed by atoms with van der Waals surface area (Å²) in [6.45, 7) is 2.44. The van der Waals surface area contributed by atoms with Crippen molar-refractivity contribution in [2.75, 3.05) is 11.9 Å². The first-order valence-corrected chi connectivity index (χ1v) is 6.37. The number of ketones is 1. The average Bonchev–Trinajstić information content (AvgIpc) is 3.01. The predicted molar refractivity (Wildman–Crippen MR) is 73.5 cm³/mol. The highest BCUT2D eigenvalue weighted by Crippen LogP contribution is 2.33. The number of para-hydroxylation sites is 1. The maximum atomic E-state index is 12.6. The van der Waals surface area contributed by atoms with Crippen LogP contribution in [0.5, 0.6) is 0 Å². The van der Waals surface area contributed by atoms with Gasteiger partial charge in [0, 0.05) is 17.9 Å². The van der Waals surface area contributed by atoms with E-state index in [-0.39, 0.29) is 18.3 Å². The summed E-state index contributed by atoms with van der Waals surface area (Å²) in [5.74, 6) is -0.0743. The van der Waals surface area contributed by atoms with Gasteiger partial charge < -0.3 is 15.4 Å². The van der Waals surface area contributed by atoms with Gasteiger partial charge in [0.05, 0.1) is 18.2 Å². The van der Waals surface area contributed by atoms with Crippen molar-refractivity contribution in [2.24, 2.45) is 0 Å². The Morgan fingerprint density at radius 3 is 2.95 bits per heavy atom. The number of Topliss-reactive ketones (excluding diaryl/α,β-unsaturated/α-hetero) is 1. The van der Waals surface area contributed by atoms with Crippen molar-refractivity contribution in [1.29, 1.82) is 0 Å². The molecule has 19 heavy (non-hydrogen) atoms. The number of benzene rings is 1. The van der Waals surface area contributed by atoms with Gasteiger partial charge in [0.25, 0.3) is 0 Å². The molecule has 0 spiro atoms. The van der Waals surface area contributed by atoms with Gasteiger partial charge >= 0.3 is 0 Å². The molecule has 2 aromatic rings. The van der Waals surface area contributed by atoms with Crippen molar-refractivity contribution in [3.63, 3.8) is 0 Å². The van der Waals surface area contributed by atoms with Gasteiger partial charge in [0.1, 0.15) is 0 Å². The number of nitrogens with one attached hydrogen (secondary N) is 2. The highest BCUT2D eigenvalue weighted by Gasteiger charge is 2.30. The Morgan fingerprint density at radius 1 is 1.42 bits per heavy atom. The van der Waals surface area contributed by atoms with Crippen molar-refractivity contribution in [2.45, 2.75) is 19.4 Å². The zero-order chi connectivity index (χ0) is 13.4. The van der Waals surface area contributed by atoms with Crippen LogP contribution in [0.4, 0.5) is 5.69 Å². The normalized spacial score (nSPS) is 17.1. The quantitative estimate of drug-likeness (QED) is 0.738. The van der Waals surface area contributed by atoms with Gasteiger partial charge in [-0.1, -0.05) is 18.2 Å². The predicted octanol–water partition coefficient (Wildman–Crippen LogP) is 2.21. The van der Waals surface area contributed by atoms with Crippen molar-refractivity contribution < 1.29 is 9.90 Å². The second kappa shape index (κ2) is 4.55. The SMILES string of the molecule is Cc1cc(CO)[nH]c1C(=O)C1CNc2ccccc21. The molecular formula is C15H16N2O2. The zero-order valence-corrected chi connectivity index (χ0v) is 10.7. The summed E-state index contributed by atoms with van der Waals surface area (Å²) in [6.07, 6.45) is 0. The van der Waals surface area contributed by atoms with Gasteiger partial charge in [-0.3, -0.25) is 4.79 Å². The minimum atomic E-state index is -0.153. The van der Waals surface area contributed by atoms with Crippen molar-refractivity contribution in [3.05, 3.63) is 52.8 Å². The van der Waals surface area contributed by atoms with Gasteiger partial charge in [0.2, 0.25) is 0 Å². The molecule has 4 heteroatoms. The van der Waals surface area contributed by atoms with E-state index in [1.54, 1.807) is 0 Å². The molecule has 3 N–H and O–H groups in total. The molecule has 2 heterocycles. The van der Waals surface area contributed by atoms with E-state index >= 15 is 0 Å². The number of aromatic nitrogens is 1. The number of carbonyl (C=O) groups excluding carboxylic acids is 1. The highest BCUT2D eigenvalue weighted by molar-refractivity contribution is 6.02. The number of anilines is 1. The minimum Gasteiger partial charge on any atom is -0.390 e. The fraction of sp³-hybridized carbons (Fsp3) is 0.267. The van der Waals surface area contributed by atoms with Crippen LogP contribution in [0.3, 0.4) is 0 Å². The molecule has 1 aromatic carbocycles. The smallest absolute Gasteiger partial charge is 0.188 e. The number of aromatic amines is 1. The number of rotatable bonds is 3. The third-order valence-corrected chi connectivity index (χ3v) is 3.64. The third kappa shape index (κ3) is 1.94. The molecule has 0 bridgehead atoms. The Balaban J connectivity index is 1.95. The van der Waals surface area contributed by atoms with Crippen molar-refractivity contribution in [1.82, 2.24) is 4.98 Å². The van der Waals surface area contributed by atoms with Crippen LogP contribution in [0.15, 0.2) is 30.3 Å². The molecule has 0 amide bonds. The summed E-state index contributed by atoms with van der Waals surface area (Å²) in [6, 6.07) is 9.71. The third-order valence-electron chi connectivity index (χ3n) is 3.64. The van der Waals surface area contributed by atoms with E-state index < -0.39 is 0 Å². The van der Waals surface area contributed by atoms with Crippen LogP contribution >= 0.6 is 0 Å². The summed E-state index contributed by atoms with van der Waals surface area (Å²) in [5, 5.41) is 12.4. The second-order valence-corrected chi connectivity index (χ2v) is 4.90. The van der Waals surface area contributed by atoms with E-state index in [2.05, 4.69) is 10.3 Å². The van der Waals surface area contributed by atoms with Crippen LogP contribution < -0.4 is 5.32 Å². The fourth-order valence-corrected chi connectivity index (χ4v) is 2.66. The molecule has 0 aliphatic carbocycles. The molecule has 1 aromatic heterocycles. The van der Waals surface area contributed by atoms with E-state index in [0.29, 0.717) is 17.9 Å². The number of aliphatic hydroxyl groups excluding tert-OH is 1. The topological polar surface area (TPSA) is 65.1 Å². The fourth-order valence-electron chi connectivity index (χ4n) is 2.66. The number of H-pyrrole nitrogens is 1. The summed E-state index contributed by atoms with van der Waals surface area (Å²) in [7, 11) is 0. The Labute approximate surface area is 111 Å². The first kappa shape index (κ1) is 12.0. The number of aliphatic hydroxyl groups is 1. The van der Waals surface area contributed by atoms with Crippen LogP contribution in [-0.2, 0) is 6.61 Å². The zero-order valence-electron chi connectivity index (χ0n) is 10.7. The summed E-state index contributed by atoms with van der Waals surface area (Å²) >= 11 is 0. The number of hydrogen-bond acceptors (Lipinski definition) is 3. The van der Waals surface area contributed by atoms with Gasteiger partial charge in [-0.15, -0.1) is 0 Å². The summed E-state index contributed by atoms with van der Waals surface area (Å²) in [5.41, 5.74) is 4.26. The van der Waals surface area contributed by atoms with Crippen LogP contribution in [-0.4, -0.2) is 22.4 Å². The van der Waals surface area contributed by atoms with Crippen LogP contribution in [0.1, 0.15) is 33.2 Å². The molecule has 0 saturated carbocycles. The van der Waals surface area contributed by atoms with Crippen molar-refractivity contribution >= 4 is 11.5 Å². The standard InChI is InChI=1S/C15H16N2O2/c1-9-6-10(8-18)17-14(9)15(19)12-7-16-13-5-3-2-4-11(12)13/h2-6,12,16-18H,7-8H2,1H3. The lowest BCUT2D eigenvalue weighted by atomic mass is 9.94. The first-order valence-electron chi connectivity index (χ1n) is 6.37. The monoisotopic (exact) mass is 256 g/mol. The molecule has 4 nitrogen and oxygen atoms in total. The number of carbonyl (C=O) groups is 1. The largest absolute Gasteiger partial charge is 0.390 e. The van der Waals surface area contributed by atoms with E-state index in [1.165, 1.54) is 0 Å². The van der Waals surface area contributed by atoms with Crippen LogP contribution in [0.2, 0.25) is 0 Å². The molecule has 0 fully saturated rings. The lowest BCUT2D eigenvalue weighted by Gasteiger charge is -2.08. The van der Waals surface area contributed by atoms with Crippen LogP contribution in [0, 0.1) is 6.92 Å². The van der Waals surface area contributed by atoms with Gasteiger partial charge in [-0.25, -0.2) is 0 Å². The Morgan fingerprint density at radius 2 is 2.21 bits per heavy atom. The van der Waals surface area contributed by atoms with E-state index in [0.717, 1.165) is 16.8 Å². The maximum Gasteiger partial charge on any atom is 0.188 e. The maximum absolute atomic E-state index is 12.6. The Kier molecular flexibility index (Phi) is 2.87. The van der Waals surface area contributed by atoms with E-state index in [4.69, 9.17) is 5.11 Å². The number of fused-ring (bicyclic) bond motifs is 1. The molecule has 1 aliphatic heterocycles. The molecule has 1 atom stereocenters. The van der Waals surface area contributed by atoms with Gasteiger partial charge in [-0.05, 0) is 30.2 Å². The molecule has 3 rings (SSSR count).